The number of rotatable bonds is 4. The summed E-state index contributed by atoms with van der Waals surface area (Å²) in [5.74, 6) is -0.866. The van der Waals surface area contributed by atoms with Gasteiger partial charge in [0.1, 0.15) is 16.0 Å². The highest BCUT2D eigenvalue weighted by atomic mass is 79.9. The summed E-state index contributed by atoms with van der Waals surface area (Å²) in [6, 6.07) is 4.73. The second-order valence-corrected chi connectivity index (χ2v) is 7.36. The molecule has 0 aliphatic rings. The number of alkyl carbamates (subject to hydrolysis) is 1. The number of ether oxygens (including phenoxy) is 1. The minimum Gasteiger partial charge on any atom is -0.505 e. The number of aromatic nitrogens is 2. The van der Waals surface area contributed by atoms with E-state index >= 15 is 0 Å². The monoisotopic (exact) mass is 437 g/mol. The molecule has 10 heteroatoms. The Morgan fingerprint density at radius 3 is 2.70 bits per heavy atom. The largest absolute Gasteiger partial charge is 0.505 e. The summed E-state index contributed by atoms with van der Waals surface area (Å²) in [5.41, 5.74) is 5.49. The number of carbonyl (C=O) groups excluding carboxylic acids is 2. The van der Waals surface area contributed by atoms with Crippen LogP contribution in [0.25, 0.3) is 0 Å². The van der Waals surface area contributed by atoms with E-state index in [1.807, 2.05) is 0 Å². The fourth-order valence-corrected chi connectivity index (χ4v) is 2.32. The third-order valence-electron chi connectivity index (χ3n) is 3.18. The SMILES string of the molecule is CC(C)(C)OC(=O)NCc1cccc(NC(=O)c2nc(Br)cnc2N)c1O. The van der Waals surface area contributed by atoms with E-state index in [0.29, 0.717) is 10.2 Å². The number of aromatic hydroxyl groups is 1. The predicted molar refractivity (Wildman–Crippen MR) is 103 cm³/mol. The number of hydrogen-bond donors (Lipinski definition) is 4. The van der Waals surface area contributed by atoms with Gasteiger partial charge in [-0.3, -0.25) is 4.79 Å². The number of nitrogens with two attached hydrogens (primary N) is 1. The first kappa shape index (κ1) is 20.4. The Kier molecular flexibility index (Phi) is 6.21. The zero-order chi connectivity index (χ0) is 20.2. The molecule has 2 amide bonds. The van der Waals surface area contributed by atoms with Gasteiger partial charge in [-0.1, -0.05) is 12.1 Å². The average molecular weight is 438 g/mol. The first-order chi connectivity index (χ1) is 12.6. The lowest BCUT2D eigenvalue weighted by molar-refractivity contribution is 0.0523. The maximum Gasteiger partial charge on any atom is 0.407 e. The molecule has 0 bridgehead atoms. The Balaban J connectivity index is 2.11. The van der Waals surface area contributed by atoms with E-state index in [2.05, 4.69) is 36.5 Å². The molecule has 0 spiro atoms. The minimum atomic E-state index is -0.632. The zero-order valence-electron chi connectivity index (χ0n) is 15.0. The molecule has 0 aliphatic heterocycles. The molecular weight excluding hydrogens is 418 g/mol. The van der Waals surface area contributed by atoms with Gasteiger partial charge >= 0.3 is 6.09 Å². The Morgan fingerprint density at radius 2 is 2.04 bits per heavy atom. The molecule has 1 aromatic carbocycles. The minimum absolute atomic E-state index is 0.0171. The number of nitrogens with zero attached hydrogens (tertiary/aromatic N) is 2. The van der Waals surface area contributed by atoms with Crippen LogP contribution < -0.4 is 16.4 Å². The molecule has 0 fully saturated rings. The van der Waals surface area contributed by atoms with Crippen molar-refractivity contribution in [3.8, 4) is 5.75 Å². The first-order valence-corrected chi connectivity index (χ1v) is 8.73. The third kappa shape index (κ3) is 5.81. The highest BCUT2D eigenvalue weighted by molar-refractivity contribution is 9.10. The van der Waals surface area contributed by atoms with Crippen LogP contribution in [0.5, 0.6) is 5.75 Å². The van der Waals surface area contributed by atoms with Crippen LogP contribution >= 0.6 is 15.9 Å². The summed E-state index contributed by atoms with van der Waals surface area (Å²) in [6.45, 7) is 5.26. The van der Waals surface area contributed by atoms with Gasteiger partial charge in [0, 0.05) is 12.1 Å². The van der Waals surface area contributed by atoms with Crippen LogP contribution in [-0.2, 0) is 11.3 Å². The number of para-hydroxylation sites is 1. The second kappa shape index (κ2) is 8.21. The van der Waals surface area contributed by atoms with Gasteiger partial charge < -0.3 is 26.2 Å². The zero-order valence-corrected chi connectivity index (χ0v) is 16.6. The van der Waals surface area contributed by atoms with Crippen molar-refractivity contribution in [1.29, 1.82) is 0 Å². The van der Waals surface area contributed by atoms with Gasteiger partial charge in [0.05, 0.1) is 11.9 Å². The smallest absolute Gasteiger partial charge is 0.407 e. The molecule has 2 rings (SSSR count). The fourth-order valence-electron chi connectivity index (χ4n) is 2.04. The predicted octanol–water partition coefficient (Wildman–Crippen LogP) is 2.80. The number of nitrogens with one attached hydrogen (secondary N) is 2. The van der Waals surface area contributed by atoms with Crippen molar-refractivity contribution in [1.82, 2.24) is 15.3 Å². The number of phenolic OH excluding ortho intramolecular Hbond substituents is 1. The maximum absolute atomic E-state index is 12.4. The second-order valence-electron chi connectivity index (χ2n) is 6.55. The first-order valence-electron chi connectivity index (χ1n) is 7.94. The van der Waals surface area contributed by atoms with E-state index in [-0.39, 0.29) is 29.5 Å². The number of benzene rings is 1. The van der Waals surface area contributed by atoms with Gasteiger partial charge in [-0.25, -0.2) is 14.8 Å². The van der Waals surface area contributed by atoms with Crippen LogP contribution in [-0.4, -0.2) is 32.7 Å². The number of anilines is 2. The van der Waals surface area contributed by atoms with E-state index < -0.39 is 17.6 Å². The van der Waals surface area contributed by atoms with Crippen molar-refractivity contribution in [2.45, 2.75) is 32.9 Å². The summed E-state index contributed by atoms with van der Waals surface area (Å²) in [4.78, 5) is 31.9. The van der Waals surface area contributed by atoms with Crippen molar-refractivity contribution in [3.63, 3.8) is 0 Å². The number of amides is 2. The standard InChI is InChI=1S/C17H20BrN5O4/c1-17(2,3)27-16(26)21-7-9-5-4-6-10(13(9)24)22-15(25)12-14(19)20-8-11(18)23-12/h4-6,8,24H,7H2,1-3H3,(H2,19,20)(H,21,26)(H,22,25). The number of halogens is 1. The highest BCUT2D eigenvalue weighted by Crippen LogP contribution is 2.28. The van der Waals surface area contributed by atoms with E-state index in [0.717, 1.165) is 0 Å². The number of nitrogen functional groups attached to an aromatic ring is 1. The number of phenols is 1. The number of carbonyl (C=O) groups is 2. The van der Waals surface area contributed by atoms with E-state index in [1.165, 1.54) is 12.3 Å². The van der Waals surface area contributed by atoms with Crippen LogP contribution in [0.4, 0.5) is 16.3 Å². The molecule has 0 atom stereocenters. The lowest BCUT2D eigenvalue weighted by Gasteiger charge is -2.20. The van der Waals surface area contributed by atoms with Crippen molar-refractivity contribution in [3.05, 3.63) is 40.3 Å². The number of hydrogen-bond acceptors (Lipinski definition) is 7. The topological polar surface area (TPSA) is 139 Å². The molecule has 5 N–H and O–H groups in total. The van der Waals surface area contributed by atoms with Crippen molar-refractivity contribution < 1.29 is 19.4 Å². The summed E-state index contributed by atoms with van der Waals surface area (Å²) in [7, 11) is 0. The highest BCUT2D eigenvalue weighted by Gasteiger charge is 2.18. The Hall–Kier alpha value is -2.88. The lowest BCUT2D eigenvalue weighted by Crippen LogP contribution is -2.32. The Morgan fingerprint density at radius 1 is 1.33 bits per heavy atom. The van der Waals surface area contributed by atoms with Gasteiger partial charge in [0.25, 0.3) is 5.91 Å². The van der Waals surface area contributed by atoms with Crippen LogP contribution in [0.3, 0.4) is 0 Å². The van der Waals surface area contributed by atoms with Crippen LogP contribution in [0.1, 0.15) is 36.8 Å². The molecule has 0 aliphatic carbocycles. The van der Waals surface area contributed by atoms with Crippen LogP contribution in [0.15, 0.2) is 29.0 Å². The normalized spacial score (nSPS) is 11.0. The van der Waals surface area contributed by atoms with Crippen LogP contribution in [0.2, 0.25) is 0 Å². The molecule has 0 unspecified atom stereocenters. The van der Waals surface area contributed by atoms with E-state index in [4.69, 9.17) is 10.5 Å². The van der Waals surface area contributed by atoms with Gasteiger partial charge in [0.15, 0.2) is 11.5 Å². The van der Waals surface area contributed by atoms with E-state index in [1.54, 1.807) is 32.9 Å². The van der Waals surface area contributed by atoms with Crippen molar-refractivity contribution in [2.75, 3.05) is 11.1 Å². The molecule has 2 aromatic rings. The van der Waals surface area contributed by atoms with Gasteiger partial charge in [-0.05, 0) is 42.8 Å². The summed E-state index contributed by atoms with van der Waals surface area (Å²) >= 11 is 3.12. The van der Waals surface area contributed by atoms with Crippen molar-refractivity contribution >= 4 is 39.4 Å². The Labute approximate surface area is 164 Å². The molecule has 0 saturated carbocycles. The van der Waals surface area contributed by atoms with E-state index in [9.17, 15) is 14.7 Å². The molecule has 1 heterocycles. The molecule has 1 aromatic heterocycles. The Bertz CT molecular complexity index is 867. The van der Waals surface area contributed by atoms with Crippen LogP contribution in [0, 0.1) is 0 Å². The third-order valence-corrected chi connectivity index (χ3v) is 3.56. The molecule has 0 radical (unpaired) electrons. The summed E-state index contributed by atoms with van der Waals surface area (Å²) in [6.07, 6.45) is 0.750. The maximum atomic E-state index is 12.4. The average Bonchev–Trinajstić information content (AvgIpc) is 2.56. The molecule has 0 saturated heterocycles. The summed E-state index contributed by atoms with van der Waals surface area (Å²) in [5, 5.41) is 15.4. The molecular formula is C17H20BrN5O4. The summed E-state index contributed by atoms with van der Waals surface area (Å²) < 4.78 is 5.49. The van der Waals surface area contributed by atoms with Gasteiger partial charge in [0.2, 0.25) is 0 Å². The molecule has 9 nitrogen and oxygen atoms in total. The van der Waals surface area contributed by atoms with Crippen molar-refractivity contribution in [2.24, 2.45) is 0 Å². The fraction of sp³-hybridized carbons (Fsp3) is 0.294. The lowest BCUT2D eigenvalue weighted by atomic mass is 10.1. The molecule has 27 heavy (non-hydrogen) atoms. The molecule has 144 valence electrons. The van der Waals surface area contributed by atoms with Gasteiger partial charge in [-0.2, -0.15) is 0 Å². The quantitative estimate of drug-likeness (QED) is 0.538. The van der Waals surface area contributed by atoms with Gasteiger partial charge in [-0.15, -0.1) is 0 Å².